The molecule has 3 rings (SSSR count). The van der Waals surface area contributed by atoms with Crippen LogP contribution in [0.2, 0.25) is 0 Å². The molecule has 7 heteroatoms. The number of hydrogen-bond donors (Lipinski definition) is 1. The van der Waals surface area contributed by atoms with Crippen molar-refractivity contribution in [3.8, 4) is 0 Å². The molecule has 0 saturated carbocycles. The lowest BCUT2D eigenvalue weighted by molar-refractivity contribution is -0.122. The number of carbonyl (C=O) groups excluding carboxylic acids is 2. The van der Waals surface area contributed by atoms with Gasteiger partial charge in [-0.1, -0.05) is 43.7 Å². The van der Waals surface area contributed by atoms with Gasteiger partial charge in [0.1, 0.15) is 5.01 Å². The van der Waals surface area contributed by atoms with Crippen LogP contribution in [0.25, 0.3) is 0 Å². The largest absolute Gasteiger partial charge is 0.311 e. The second kappa shape index (κ2) is 8.17. The zero-order valence-corrected chi connectivity index (χ0v) is 17.1. The van der Waals surface area contributed by atoms with Crippen LogP contribution < -0.4 is 10.2 Å². The fraction of sp³-hybridized carbons (Fsp3) is 0.500. The van der Waals surface area contributed by atoms with E-state index in [9.17, 15) is 9.59 Å². The fourth-order valence-corrected chi connectivity index (χ4v) is 4.22. The number of rotatable bonds is 6. The third-order valence-electron chi connectivity index (χ3n) is 5.18. The molecule has 2 amide bonds. The van der Waals surface area contributed by atoms with E-state index < -0.39 is 0 Å². The van der Waals surface area contributed by atoms with Crippen LogP contribution in [0.4, 0.5) is 10.8 Å². The van der Waals surface area contributed by atoms with E-state index in [-0.39, 0.29) is 24.2 Å². The van der Waals surface area contributed by atoms with E-state index in [0.717, 1.165) is 34.7 Å². The molecule has 1 aromatic carbocycles. The topological polar surface area (TPSA) is 75.2 Å². The molecule has 2 aromatic rings. The lowest BCUT2D eigenvalue weighted by Gasteiger charge is -2.20. The molecule has 1 N–H and O–H groups in total. The quantitative estimate of drug-likeness (QED) is 0.813. The molecule has 0 aliphatic carbocycles. The summed E-state index contributed by atoms with van der Waals surface area (Å²) >= 11 is 1.42. The minimum atomic E-state index is -0.377. The van der Waals surface area contributed by atoms with E-state index >= 15 is 0 Å². The van der Waals surface area contributed by atoms with E-state index in [4.69, 9.17) is 0 Å². The van der Waals surface area contributed by atoms with Crippen LogP contribution in [0, 0.1) is 19.8 Å². The highest BCUT2D eigenvalue weighted by molar-refractivity contribution is 7.15. The molecule has 1 saturated heterocycles. The Kier molecular flexibility index (Phi) is 5.89. The average molecular weight is 387 g/mol. The summed E-state index contributed by atoms with van der Waals surface area (Å²) in [6.07, 6.45) is 2.35. The van der Waals surface area contributed by atoms with Crippen LogP contribution in [-0.2, 0) is 9.59 Å². The van der Waals surface area contributed by atoms with Crippen molar-refractivity contribution in [3.63, 3.8) is 0 Å². The molecule has 1 aliphatic heterocycles. The second-order valence-corrected chi connectivity index (χ2v) is 8.26. The van der Waals surface area contributed by atoms with Gasteiger partial charge in [0, 0.05) is 24.6 Å². The van der Waals surface area contributed by atoms with Gasteiger partial charge in [-0.05, 0) is 37.5 Å². The van der Waals surface area contributed by atoms with Gasteiger partial charge in [0.25, 0.3) is 0 Å². The van der Waals surface area contributed by atoms with Crippen LogP contribution in [0.5, 0.6) is 0 Å². The molecule has 0 radical (unpaired) electrons. The predicted molar refractivity (Wildman–Crippen MR) is 108 cm³/mol. The molecule has 1 aromatic heterocycles. The van der Waals surface area contributed by atoms with Gasteiger partial charge in [-0.15, -0.1) is 10.2 Å². The van der Waals surface area contributed by atoms with Gasteiger partial charge in [0.2, 0.25) is 16.9 Å². The third kappa shape index (κ3) is 4.18. The van der Waals surface area contributed by atoms with Crippen LogP contribution >= 0.6 is 11.3 Å². The van der Waals surface area contributed by atoms with Crippen LogP contribution in [0.1, 0.15) is 55.2 Å². The Hall–Kier alpha value is -2.28. The Morgan fingerprint density at radius 1 is 1.37 bits per heavy atom. The van der Waals surface area contributed by atoms with Crippen molar-refractivity contribution in [2.75, 3.05) is 16.8 Å². The summed E-state index contributed by atoms with van der Waals surface area (Å²) in [5.41, 5.74) is 3.10. The number of carbonyl (C=O) groups is 2. The Labute approximate surface area is 164 Å². The first-order valence-corrected chi connectivity index (χ1v) is 10.2. The van der Waals surface area contributed by atoms with E-state index in [1.165, 1.54) is 11.3 Å². The number of nitrogens with one attached hydrogen (secondary N) is 1. The minimum Gasteiger partial charge on any atom is -0.311 e. The van der Waals surface area contributed by atoms with Gasteiger partial charge >= 0.3 is 0 Å². The molecule has 27 heavy (non-hydrogen) atoms. The van der Waals surface area contributed by atoms with Crippen molar-refractivity contribution in [2.24, 2.45) is 5.92 Å². The monoisotopic (exact) mass is 386 g/mol. The first-order chi connectivity index (χ1) is 12.9. The maximum absolute atomic E-state index is 12.6. The van der Waals surface area contributed by atoms with Gasteiger partial charge in [-0.25, -0.2) is 0 Å². The number of hydrogen-bond acceptors (Lipinski definition) is 5. The Morgan fingerprint density at radius 2 is 2.15 bits per heavy atom. The molecule has 0 bridgehead atoms. The van der Waals surface area contributed by atoms with Gasteiger partial charge in [-0.3, -0.25) is 9.59 Å². The van der Waals surface area contributed by atoms with Crippen LogP contribution in [0.3, 0.4) is 0 Å². The van der Waals surface area contributed by atoms with Crippen LogP contribution in [-0.4, -0.2) is 28.6 Å². The molecule has 144 valence electrons. The first-order valence-electron chi connectivity index (χ1n) is 9.41. The van der Waals surface area contributed by atoms with Crippen LogP contribution in [0.15, 0.2) is 18.2 Å². The molecule has 2 atom stereocenters. The number of amides is 2. The van der Waals surface area contributed by atoms with Gasteiger partial charge in [0.05, 0.1) is 5.92 Å². The number of aryl methyl sites for hydroxylation is 1. The normalized spacial score (nSPS) is 18.0. The zero-order valence-electron chi connectivity index (χ0n) is 16.3. The average Bonchev–Trinajstić information content (AvgIpc) is 3.24. The summed E-state index contributed by atoms with van der Waals surface area (Å²) in [5, 5.41) is 12.6. The minimum absolute atomic E-state index is 0.0154. The smallest absolute Gasteiger partial charge is 0.231 e. The highest BCUT2D eigenvalue weighted by atomic mass is 32.1. The van der Waals surface area contributed by atoms with Crippen molar-refractivity contribution >= 4 is 34.0 Å². The fourth-order valence-electron chi connectivity index (χ4n) is 3.39. The number of benzene rings is 1. The summed E-state index contributed by atoms with van der Waals surface area (Å²) in [5.74, 6) is -0.218. The lowest BCUT2D eigenvalue weighted by Crippen LogP contribution is -2.28. The Morgan fingerprint density at radius 3 is 2.89 bits per heavy atom. The maximum Gasteiger partial charge on any atom is 0.231 e. The lowest BCUT2D eigenvalue weighted by atomic mass is 10.1. The van der Waals surface area contributed by atoms with Crippen molar-refractivity contribution in [2.45, 2.75) is 52.9 Å². The Bertz CT molecular complexity index is 848. The van der Waals surface area contributed by atoms with E-state index in [1.54, 1.807) is 4.90 Å². The molecule has 1 fully saturated rings. The molecular weight excluding hydrogens is 360 g/mol. The molecule has 0 unspecified atom stereocenters. The first kappa shape index (κ1) is 19.5. The molecule has 2 heterocycles. The predicted octanol–water partition coefficient (Wildman–Crippen LogP) is 4.05. The highest BCUT2D eigenvalue weighted by Crippen LogP contribution is 2.31. The summed E-state index contributed by atoms with van der Waals surface area (Å²) in [4.78, 5) is 26.9. The summed E-state index contributed by atoms with van der Waals surface area (Å²) < 4.78 is 0. The SMILES string of the molecule is CCC[C@H](C)c1nnc(NC(=O)[C@@H]2CC(=O)N(c3cccc(C)c3C)C2)s1. The van der Waals surface area contributed by atoms with Gasteiger partial charge < -0.3 is 10.2 Å². The number of aromatic nitrogens is 2. The van der Waals surface area contributed by atoms with E-state index in [1.807, 2.05) is 32.0 Å². The van der Waals surface area contributed by atoms with E-state index in [0.29, 0.717) is 17.6 Å². The molecule has 0 spiro atoms. The number of nitrogens with zero attached hydrogens (tertiary/aromatic N) is 3. The van der Waals surface area contributed by atoms with Gasteiger partial charge in [0.15, 0.2) is 0 Å². The molecule has 1 aliphatic rings. The van der Waals surface area contributed by atoms with Crippen molar-refractivity contribution in [1.29, 1.82) is 0 Å². The number of anilines is 2. The highest BCUT2D eigenvalue weighted by Gasteiger charge is 2.36. The van der Waals surface area contributed by atoms with Crippen molar-refractivity contribution < 1.29 is 9.59 Å². The van der Waals surface area contributed by atoms with Crippen molar-refractivity contribution in [1.82, 2.24) is 10.2 Å². The molecular formula is C20H26N4O2S. The summed E-state index contributed by atoms with van der Waals surface area (Å²) in [6, 6.07) is 5.90. The zero-order chi connectivity index (χ0) is 19.6. The third-order valence-corrected chi connectivity index (χ3v) is 6.25. The van der Waals surface area contributed by atoms with Crippen molar-refractivity contribution in [3.05, 3.63) is 34.3 Å². The maximum atomic E-state index is 12.6. The Balaban J connectivity index is 1.67. The second-order valence-electron chi connectivity index (χ2n) is 7.25. The summed E-state index contributed by atoms with van der Waals surface area (Å²) in [6.45, 7) is 8.68. The van der Waals surface area contributed by atoms with E-state index in [2.05, 4.69) is 29.4 Å². The summed E-state index contributed by atoms with van der Waals surface area (Å²) in [7, 11) is 0. The molecule has 6 nitrogen and oxygen atoms in total. The van der Waals surface area contributed by atoms with Gasteiger partial charge in [-0.2, -0.15) is 0 Å². The standard InChI is InChI=1S/C20H26N4O2S/c1-5-7-13(3)19-22-23-20(27-19)21-18(26)15-10-17(25)24(11-15)16-9-6-8-12(2)14(16)4/h6,8-9,13,15H,5,7,10-11H2,1-4H3,(H,21,23,26)/t13-,15+/m0/s1.